The second kappa shape index (κ2) is 6.60. The molecule has 1 aliphatic heterocycles. The summed E-state index contributed by atoms with van der Waals surface area (Å²) in [6, 6.07) is 28.3. The minimum absolute atomic E-state index is 0.827. The summed E-state index contributed by atoms with van der Waals surface area (Å²) in [5.74, 6) is 0. The molecular formula is C22H17N3. The highest BCUT2D eigenvalue weighted by molar-refractivity contribution is 6.16. The predicted octanol–water partition coefficient (Wildman–Crippen LogP) is 5.24. The Bertz CT molecular complexity index is 928. The topological polar surface area (TPSA) is 29.7 Å². The van der Waals surface area contributed by atoms with Gasteiger partial charge in [-0.1, -0.05) is 36.4 Å². The van der Waals surface area contributed by atoms with Crippen LogP contribution in [-0.4, -0.2) is 5.71 Å². The summed E-state index contributed by atoms with van der Waals surface area (Å²) in [7, 11) is 0. The first-order chi connectivity index (χ1) is 12.3. The Morgan fingerprint density at radius 3 is 2.16 bits per heavy atom. The zero-order chi connectivity index (χ0) is 17.1. The Balaban J connectivity index is 1.82. The number of aryl methyl sites for hydroxylation is 1. The van der Waals surface area contributed by atoms with Crippen LogP contribution in [0.1, 0.15) is 16.7 Å². The Morgan fingerprint density at radius 1 is 0.800 bits per heavy atom. The Morgan fingerprint density at radius 2 is 1.44 bits per heavy atom. The fourth-order valence-corrected chi connectivity index (χ4v) is 2.78. The highest BCUT2D eigenvalue weighted by atomic mass is 15.7. The predicted molar refractivity (Wildman–Crippen MR) is 102 cm³/mol. The van der Waals surface area contributed by atoms with Gasteiger partial charge in [0.15, 0.2) is 17.0 Å². The number of benzene rings is 3. The molecule has 0 atom stereocenters. The molecule has 120 valence electrons. The lowest BCUT2D eigenvalue weighted by Crippen LogP contribution is -2.17. The van der Waals surface area contributed by atoms with Crippen molar-refractivity contribution in [3.05, 3.63) is 119 Å². The molecule has 1 aliphatic rings. The minimum atomic E-state index is 0.827. The van der Waals surface area contributed by atoms with E-state index in [1.807, 2.05) is 77.8 Å². The number of anilines is 1. The van der Waals surface area contributed by atoms with Gasteiger partial charge in [-0.25, -0.2) is 0 Å². The van der Waals surface area contributed by atoms with Crippen molar-refractivity contribution in [2.24, 2.45) is 5.10 Å². The number of rotatable bonds is 3. The smallest absolute Gasteiger partial charge is 0.192 e. The number of allylic oxidation sites excluding steroid dienone is 1. The molecule has 0 amide bonds. The third-order valence-corrected chi connectivity index (χ3v) is 4.12. The van der Waals surface area contributed by atoms with Crippen molar-refractivity contribution >= 4 is 11.4 Å². The van der Waals surface area contributed by atoms with Crippen LogP contribution in [0.4, 0.5) is 5.69 Å². The molecule has 0 bridgehead atoms. The normalized spacial score (nSPS) is 14.8. The van der Waals surface area contributed by atoms with Gasteiger partial charge in [0.1, 0.15) is 0 Å². The zero-order valence-corrected chi connectivity index (χ0v) is 13.9. The molecule has 25 heavy (non-hydrogen) atoms. The molecule has 0 saturated heterocycles. The molecule has 0 spiro atoms. The van der Waals surface area contributed by atoms with Crippen LogP contribution in [0.5, 0.6) is 0 Å². The maximum Gasteiger partial charge on any atom is 0.192 e. The molecule has 3 heteroatoms. The van der Waals surface area contributed by atoms with Crippen molar-refractivity contribution in [1.29, 1.82) is 0 Å². The van der Waals surface area contributed by atoms with Crippen molar-refractivity contribution < 1.29 is 0 Å². The molecule has 3 aromatic rings. The van der Waals surface area contributed by atoms with E-state index < -0.39 is 0 Å². The Kier molecular flexibility index (Phi) is 3.99. The van der Waals surface area contributed by atoms with Crippen molar-refractivity contribution in [2.45, 2.75) is 6.92 Å². The van der Waals surface area contributed by atoms with E-state index >= 15 is 0 Å². The van der Waals surface area contributed by atoms with E-state index in [9.17, 15) is 0 Å². The molecule has 0 radical (unpaired) electrons. The number of hydrogen-bond acceptors (Lipinski definition) is 2. The van der Waals surface area contributed by atoms with Crippen LogP contribution in [0.3, 0.4) is 0 Å². The van der Waals surface area contributed by atoms with E-state index in [1.54, 1.807) is 0 Å². The van der Waals surface area contributed by atoms with Crippen LogP contribution in [0, 0.1) is 13.0 Å². The highest BCUT2D eigenvalue weighted by Crippen LogP contribution is 2.32. The van der Waals surface area contributed by atoms with E-state index in [0.717, 1.165) is 28.2 Å². The first kappa shape index (κ1) is 15.1. The summed E-state index contributed by atoms with van der Waals surface area (Å²) < 4.78 is 0. The van der Waals surface area contributed by atoms with Gasteiger partial charge in [0, 0.05) is 29.0 Å². The van der Waals surface area contributed by atoms with Gasteiger partial charge in [-0.3, -0.25) is 0 Å². The van der Waals surface area contributed by atoms with Crippen LogP contribution < -0.4 is 5.01 Å². The second-order valence-corrected chi connectivity index (χ2v) is 5.84. The summed E-state index contributed by atoms with van der Waals surface area (Å²) in [5, 5.41) is 6.28. The highest BCUT2D eigenvalue weighted by Gasteiger charge is 2.24. The van der Waals surface area contributed by atoms with Crippen molar-refractivity contribution in [1.82, 2.24) is 0 Å². The van der Waals surface area contributed by atoms with Gasteiger partial charge < -0.3 is 15.6 Å². The summed E-state index contributed by atoms with van der Waals surface area (Å²) >= 11 is 0. The molecule has 0 aliphatic carbocycles. The SMILES string of the molecule is Cc1ccccc1[C+]=C1C(c2ccccc2)=N[N-]N1c1ccccc1. The summed E-state index contributed by atoms with van der Waals surface area (Å²) in [6.07, 6.45) is 3.52. The second-order valence-electron chi connectivity index (χ2n) is 5.84. The standard InChI is InChI=1S/C22H17N3/c1-17-10-8-9-13-19(17)16-21-22(18-11-4-2-5-12-18)23-24-25(21)20-14-6-3-7-15-20/h2-15H,1H3. The van der Waals surface area contributed by atoms with Crippen LogP contribution in [0.2, 0.25) is 0 Å². The largest absolute Gasteiger partial charge is 0.494 e. The van der Waals surface area contributed by atoms with Gasteiger partial charge in [-0.15, -0.1) is 0 Å². The van der Waals surface area contributed by atoms with Crippen LogP contribution >= 0.6 is 0 Å². The lowest BCUT2D eigenvalue weighted by atomic mass is 10.0. The van der Waals surface area contributed by atoms with Crippen molar-refractivity contribution in [2.75, 3.05) is 5.01 Å². The lowest BCUT2D eigenvalue weighted by molar-refractivity contribution is 1.15. The maximum absolute atomic E-state index is 4.44. The van der Waals surface area contributed by atoms with Crippen LogP contribution in [-0.2, 0) is 0 Å². The zero-order valence-electron chi connectivity index (χ0n) is 13.9. The number of hydrogen-bond donors (Lipinski definition) is 0. The molecule has 3 nitrogen and oxygen atoms in total. The molecule has 0 fully saturated rings. The average Bonchev–Trinajstić information content (AvgIpc) is 3.09. The molecule has 1 heterocycles. The molecule has 3 aromatic carbocycles. The fraction of sp³-hybridized carbons (Fsp3) is 0.0455. The van der Waals surface area contributed by atoms with Gasteiger partial charge in [0.05, 0.1) is 0 Å². The lowest BCUT2D eigenvalue weighted by Gasteiger charge is -2.28. The fourth-order valence-electron chi connectivity index (χ4n) is 2.78. The van der Waals surface area contributed by atoms with Gasteiger partial charge in [-0.2, -0.15) is 0 Å². The minimum Gasteiger partial charge on any atom is -0.494 e. The molecule has 0 saturated carbocycles. The first-order valence-corrected chi connectivity index (χ1v) is 8.22. The Hall–Kier alpha value is -3.42. The van der Waals surface area contributed by atoms with Crippen LogP contribution in [0.25, 0.3) is 5.53 Å². The van der Waals surface area contributed by atoms with Crippen molar-refractivity contribution in [3.8, 4) is 0 Å². The monoisotopic (exact) mass is 323 g/mol. The quantitative estimate of drug-likeness (QED) is 0.606. The van der Waals surface area contributed by atoms with Crippen molar-refractivity contribution in [3.63, 3.8) is 0 Å². The summed E-state index contributed by atoms with van der Waals surface area (Å²) in [6.45, 7) is 2.08. The van der Waals surface area contributed by atoms with Gasteiger partial charge >= 0.3 is 0 Å². The van der Waals surface area contributed by atoms with E-state index in [0.29, 0.717) is 0 Å². The molecule has 0 aromatic heterocycles. The van der Waals surface area contributed by atoms with Gasteiger partial charge in [0.2, 0.25) is 0 Å². The first-order valence-electron chi connectivity index (χ1n) is 8.22. The summed E-state index contributed by atoms with van der Waals surface area (Å²) in [4.78, 5) is 0. The average molecular weight is 323 g/mol. The molecular weight excluding hydrogens is 306 g/mol. The van der Waals surface area contributed by atoms with E-state index in [2.05, 4.69) is 35.8 Å². The van der Waals surface area contributed by atoms with E-state index in [1.165, 1.54) is 5.56 Å². The van der Waals surface area contributed by atoms with E-state index in [-0.39, 0.29) is 0 Å². The van der Waals surface area contributed by atoms with Crippen LogP contribution in [0.15, 0.2) is 95.7 Å². The maximum atomic E-state index is 4.44. The molecule has 0 unspecified atom stereocenters. The van der Waals surface area contributed by atoms with E-state index in [4.69, 9.17) is 0 Å². The third kappa shape index (κ3) is 3.01. The number of para-hydroxylation sites is 1. The molecule has 0 N–H and O–H groups in total. The van der Waals surface area contributed by atoms with Gasteiger partial charge in [0.25, 0.3) is 0 Å². The third-order valence-electron chi connectivity index (χ3n) is 4.12. The number of nitrogens with zero attached hydrogens (tertiary/aromatic N) is 3. The Labute approximate surface area is 147 Å². The van der Waals surface area contributed by atoms with Gasteiger partial charge in [-0.05, 0) is 49.4 Å². The summed E-state index contributed by atoms with van der Waals surface area (Å²) in [5.41, 5.74) is 10.3. The molecule has 4 rings (SSSR count).